The molecule has 2 aromatic rings. The first-order valence-electron chi connectivity index (χ1n) is 8.54. The molecule has 0 radical (unpaired) electrons. The Morgan fingerprint density at radius 3 is 2.84 bits per heavy atom. The van der Waals surface area contributed by atoms with Crippen molar-refractivity contribution >= 4 is 0 Å². The summed E-state index contributed by atoms with van der Waals surface area (Å²) in [7, 11) is 7.51. The van der Waals surface area contributed by atoms with Crippen LogP contribution in [0.25, 0.3) is 11.4 Å². The van der Waals surface area contributed by atoms with Gasteiger partial charge in [-0.05, 0) is 45.6 Å². The van der Waals surface area contributed by atoms with Crippen LogP contribution in [-0.4, -0.2) is 67.4 Å². The van der Waals surface area contributed by atoms with Gasteiger partial charge in [0, 0.05) is 18.7 Å². The van der Waals surface area contributed by atoms with Gasteiger partial charge in [0.05, 0.1) is 26.3 Å². The van der Waals surface area contributed by atoms with E-state index in [4.69, 9.17) is 14.0 Å². The number of likely N-dealkylation sites (tertiary alicyclic amines) is 1. The molecule has 1 saturated heterocycles. The summed E-state index contributed by atoms with van der Waals surface area (Å²) in [6.07, 6.45) is 2.43. The number of hydrogen-bond acceptors (Lipinski definition) is 7. The van der Waals surface area contributed by atoms with Gasteiger partial charge in [0.15, 0.2) is 0 Å². The second-order valence-electron chi connectivity index (χ2n) is 6.57. The highest BCUT2D eigenvalue weighted by atomic mass is 16.5. The predicted octanol–water partition coefficient (Wildman–Crippen LogP) is 2.28. The second kappa shape index (κ2) is 7.84. The molecular formula is C18H26N4O3. The van der Waals surface area contributed by atoms with E-state index in [0.29, 0.717) is 30.1 Å². The lowest BCUT2D eigenvalue weighted by atomic mass is 10.1. The van der Waals surface area contributed by atoms with E-state index in [1.165, 1.54) is 12.8 Å². The van der Waals surface area contributed by atoms with Crippen LogP contribution in [0.1, 0.15) is 18.7 Å². The molecule has 1 fully saturated rings. The third-order valence-corrected chi connectivity index (χ3v) is 4.69. The summed E-state index contributed by atoms with van der Waals surface area (Å²) in [4.78, 5) is 9.21. The van der Waals surface area contributed by atoms with Crippen LogP contribution in [0.15, 0.2) is 22.7 Å². The smallest absolute Gasteiger partial charge is 0.241 e. The summed E-state index contributed by atoms with van der Waals surface area (Å²) in [6.45, 7) is 2.76. The molecule has 2 heterocycles. The van der Waals surface area contributed by atoms with E-state index < -0.39 is 0 Å². The molecule has 0 bridgehead atoms. The van der Waals surface area contributed by atoms with E-state index in [0.717, 1.165) is 24.4 Å². The lowest BCUT2D eigenvalue weighted by Crippen LogP contribution is -2.44. The summed E-state index contributed by atoms with van der Waals surface area (Å²) in [5.41, 5.74) is 0.795. The predicted molar refractivity (Wildman–Crippen MR) is 94.8 cm³/mol. The molecular weight excluding hydrogens is 320 g/mol. The summed E-state index contributed by atoms with van der Waals surface area (Å²) in [5.74, 6) is 2.56. The monoisotopic (exact) mass is 346 g/mol. The zero-order chi connectivity index (χ0) is 17.8. The normalized spacial score (nSPS) is 18.5. The molecule has 1 atom stereocenters. The Hall–Kier alpha value is -2.12. The van der Waals surface area contributed by atoms with Crippen molar-refractivity contribution in [3.05, 3.63) is 24.1 Å². The first kappa shape index (κ1) is 17.7. The molecule has 1 aromatic heterocycles. The highest BCUT2D eigenvalue weighted by molar-refractivity contribution is 5.65. The summed E-state index contributed by atoms with van der Waals surface area (Å²) in [6, 6.07) is 6.14. The summed E-state index contributed by atoms with van der Waals surface area (Å²) < 4.78 is 16.1. The third-order valence-electron chi connectivity index (χ3n) is 4.69. The minimum Gasteiger partial charge on any atom is -0.497 e. The molecule has 1 unspecified atom stereocenters. The molecule has 136 valence electrons. The van der Waals surface area contributed by atoms with Crippen molar-refractivity contribution in [2.75, 3.05) is 41.4 Å². The van der Waals surface area contributed by atoms with E-state index in [-0.39, 0.29) is 0 Å². The highest BCUT2D eigenvalue weighted by Gasteiger charge is 2.23. The number of likely N-dealkylation sites (N-methyl/N-ethyl adjacent to an activating group) is 1. The number of nitrogens with zero attached hydrogens (tertiary/aromatic N) is 4. The van der Waals surface area contributed by atoms with Crippen LogP contribution in [0.2, 0.25) is 0 Å². The van der Waals surface area contributed by atoms with Crippen LogP contribution in [-0.2, 0) is 6.54 Å². The number of hydrogen-bond donors (Lipinski definition) is 0. The molecule has 7 nitrogen and oxygen atoms in total. The van der Waals surface area contributed by atoms with Crippen molar-refractivity contribution in [1.82, 2.24) is 19.9 Å². The Morgan fingerprint density at radius 2 is 2.12 bits per heavy atom. The molecule has 0 aliphatic carbocycles. The van der Waals surface area contributed by atoms with Gasteiger partial charge in [0.1, 0.15) is 11.5 Å². The SMILES string of the molecule is COc1ccc(-c2noc(CN3CCCC(N(C)C)C3)n2)c(OC)c1. The molecule has 1 aromatic carbocycles. The standard InChI is InChI=1S/C18H26N4O3/c1-21(2)13-6-5-9-22(11-13)12-17-19-18(20-25-17)15-8-7-14(23-3)10-16(15)24-4/h7-8,10,13H,5-6,9,11-12H2,1-4H3. The number of piperidine rings is 1. The van der Waals surface area contributed by atoms with Crippen LogP contribution in [0.3, 0.4) is 0 Å². The number of benzene rings is 1. The Bertz CT molecular complexity index is 701. The Balaban J connectivity index is 1.72. The second-order valence-corrected chi connectivity index (χ2v) is 6.57. The van der Waals surface area contributed by atoms with Crippen molar-refractivity contribution < 1.29 is 14.0 Å². The molecule has 1 aliphatic heterocycles. The van der Waals surface area contributed by atoms with Gasteiger partial charge in [-0.25, -0.2) is 0 Å². The lowest BCUT2D eigenvalue weighted by Gasteiger charge is -2.35. The summed E-state index contributed by atoms with van der Waals surface area (Å²) in [5, 5.41) is 4.13. The average molecular weight is 346 g/mol. The minimum atomic E-state index is 0.538. The van der Waals surface area contributed by atoms with Gasteiger partial charge in [0.2, 0.25) is 11.7 Å². The molecule has 1 aliphatic rings. The van der Waals surface area contributed by atoms with Crippen molar-refractivity contribution in [3.8, 4) is 22.9 Å². The molecule has 3 rings (SSSR count). The van der Waals surface area contributed by atoms with E-state index in [9.17, 15) is 0 Å². The molecule has 7 heteroatoms. The molecule has 25 heavy (non-hydrogen) atoms. The molecule has 0 amide bonds. The zero-order valence-corrected chi connectivity index (χ0v) is 15.4. The van der Waals surface area contributed by atoms with Crippen LogP contribution in [0, 0.1) is 0 Å². The minimum absolute atomic E-state index is 0.538. The molecule has 0 saturated carbocycles. The zero-order valence-electron chi connectivity index (χ0n) is 15.4. The van der Waals surface area contributed by atoms with Crippen LogP contribution in [0.4, 0.5) is 0 Å². The largest absolute Gasteiger partial charge is 0.497 e. The van der Waals surface area contributed by atoms with Crippen molar-refractivity contribution in [3.63, 3.8) is 0 Å². The van der Waals surface area contributed by atoms with Gasteiger partial charge >= 0.3 is 0 Å². The Labute approximate surface area is 148 Å². The van der Waals surface area contributed by atoms with Crippen LogP contribution in [0.5, 0.6) is 11.5 Å². The maximum absolute atomic E-state index is 5.47. The quantitative estimate of drug-likeness (QED) is 0.795. The van der Waals surface area contributed by atoms with Gasteiger partial charge in [-0.1, -0.05) is 5.16 Å². The maximum atomic E-state index is 5.47. The number of methoxy groups -OCH3 is 2. The van der Waals surface area contributed by atoms with E-state index in [1.807, 2.05) is 18.2 Å². The molecule has 0 spiro atoms. The van der Waals surface area contributed by atoms with Gasteiger partial charge in [-0.15, -0.1) is 0 Å². The Kier molecular flexibility index (Phi) is 5.55. The Morgan fingerprint density at radius 1 is 1.28 bits per heavy atom. The highest BCUT2D eigenvalue weighted by Crippen LogP contribution is 2.31. The van der Waals surface area contributed by atoms with Crippen molar-refractivity contribution in [1.29, 1.82) is 0 Å². The first-order chi connectivity index (χ1) is 12.1. The van der Waals surface area contributed by atoms with Crippen LogP contribution >= 0.6 is 0 Å². The van der Waals surface area contributed by atoms with Gasteiger partial charge in [0.25, 0.3) is 0 Å². The number of ether oxygens (including phenoxy) is 2. The van der Waals surface area contributed by atoms with Gasteiger partial charge in [-0.3, -0.25) is 4.90 Å². The van der Waals surface area contributed by atoms with E-state index in [2.05, 4.69) is 34.0 Å². The van der Waals surface area contributed by atoms with Crippen LogP contribution < -0.4 is 9.47 Å². The number of rotatable bonds is 6. The fraction of sp³-hybridized carbons (Fsp3) is 0.556. The average Bonchev–Trinajstić information content (AvgIpc) is 3.09. The van der Waals surface area contributed by atoms with Gasteiger partial charge < -0.3 is 18.9 Å². The number of aromatic nitrogens is 2. The maximum Gasteiger partial charge on any atom is 0.241 e. The summed E-state index contributed by atoms with van der Waals surface area (Å²) >= 11 is 0. The van der Waals surface area contributed by atoms with Gasteiger partial charge in [-0.2, -0.15) is 4.98 Å². The molecule has 0 N–H and O–H groups in total. The van der Waals surface area contributed by atoms with Crippen molar-refractivity contribution in [2.45, 2.75) is 25.4 Å². The fourth-order valence-corrected chi connectivity index (χ4v) is 3.20. The van der Waals surface area contributed by atoms with E-state index in [1.54, 1.807) is 14.2 Å². The topological polar surface area (TPSA) is 63.9 Å². The van der Waals surface area contributed by atoms with E-state index >= 15 is 0 Å². The fourth-order valence-electron chi connectivity index (χ4n) is 3.20. The first-order valence-corrected chi connectivity index (χ1v) is 8.54. The van der Waals surface area contributed by atoms with Crippen molar-refractivity contribution in [2.24, 2.45) is 0 Å². The third kappa shape index (κ3) is 4.11. The lowest BCUT2D eigenvalue weighted by molar-refractivity contribution is 0.117.